The molecule has 4 heteroatoms. The van der Waals surface area contributed by atoms with Gasteiger partial charge in [0.25, 0.3) is 0 Å². The molecule has 0 N–H and O–H groups in total. The van der Waals surface area contributed by atoms with E-state index < -0.39 is 5.41 Å². The molecule has 1 aromatic heterocycles. The Morgan fingerprint density at radius 1 is 1.37 bits per heavy atom. The highest BCUT2D eigenvalue weighted by Gasteiger charge is 2.40. The molecule has 1 unspecified atom stereocenters. The minimum absolute atomic E-state index is 0.0977. The zero-order valence-electron chi connectivity index (χ0n) is 10.6. The Morgan fingerprint density at radius 2 is 2.21 bits per heavy atom. The van der Waals surface area contributed by atoms with Gasteiger partial charge in [0.1, 0.15) is 5.41 Å². The number of hydrogen-bond acceptors (Lipinski definition) is 4. The summed E-state index contributed by atoms with van der Waals surface area (Å²) in [6.07, 6.45) is 3.57. The van der Waals surface area contributed by atoms with Crippen molar-refractivity contribution in [2.75, 3.05) is 0 Å². The lowest BCUT2D eigenvalue weighted by atomic mass is 9.72. The van der Waals surface area contributed by atoms with E-state index in [2.05, 4.69) is 11.1 Å². The maximum absolute atomic E-state index is 12.1. The van der Waals surface area contributed by atoms with Gasteiger partial charge in [-0.2, -0.15) is 5.26 Å². The van der Waals surface area contributed by atoms with E-state index in [4.69, 9.17) is 0 Å². The van der Waals surface area contributed by atoms with Crippen LogP contribution >= 0.6 is 11.3 Å². The van der Waals surface area contributed by atoms with Crippen LogP contribution in [-0.4, -0.2) is 10.8 Å². The number of carbonyl (C=O) groups excluding carboxylic acids is 1. The van der Waals surface area contributed by atoms with Gasteiger partial charge in [0.2, 0.25) is 0 Å². The van der Waals surface area contributed by atoms with Crippen LogP contribution in [0.15, 0.2) is 24.3 Å². The van der Waals surface area contributed by atoms with Crippen LogP contribution in [0.25, 0.3) is 10.2 Å². The van der Waals surface area contributed by atoms with Gasteiger partial charge in [-0.3, -0.25) is 4.79 Å². The molecule has 1 saturated carbocycles. The molecule has 0 bridgehead atoms. The Bertz CT molecular complexity index is 637. The number of benzene rings is 1. The molecule has 96 valence electrons. The first-order valence-electron chi connectivity index (χ1n) is 6.52. The van der Waals surface area contributed by atoms with Crippen molar-refractivity contribution in [3.8, 4) is 6.07 Å². The van der Waals surface area contributed by atoms with Crippen molar-refractivity contribution in [3.63, 3.8) is 0 Å². The Morgan fingerprint density at radius 3 is 2.95 bits per heavy atom. The second-order valence-electron chi connectivity index (χ2n) is 5.08. The van der Waals surface area contributed by atoms with Crippen LogP contribution in [-0.2, 0) is 11.2 Å². The molecule has 1 aliphatic carbocycles. The Labute approximate surface area is 115 Å². The number of Topliss-reactive ketones (excluding diaryl/α,β-unsaturated/α-hetero) is 1. The van der Waals surface area contributed by atoms with Gasteiger partial charge in [-0.1, -0.05) is 18.6 Å². The zero-order chi connectivity index (χ0) is 13.3. The molecule has 1 atom stereocenters. The molecule has 1 aromatic carbocycles. The van der Waals surface area contributed by atoms with Crippen LogP contribution in [0.3, 0.4) is 0 Å². The number of ketones is 1. The standard InChI is InChI=1S/C15H14N2OS/c16-10-15(8-4-3-7-13(15)18)9-14-17-11-5-1-2-6-12(11)19-14/h1-2,5-6H,3-4,7-9H2. The minimum atomic E-state index is -0.827. The Kier molecular flexibility index (Phi) is 3.08. The first-order valence-corrected chi connectivity index (χ1v) is 7.34. The van der Waals surface area contributed by atoms with Crippen LogP contribution < -0.4 is 0 Å². The number of carbonyl (C=O) groups is 1. The second-order valence-corrected chi connectivity index (χ2v) is 6.19. The molecule has 0 amide bonds. The fraction of sp³-hybridized carbons (Fsp3) is 0.400. The highest BCUT2D eigenvalue weighted by molar-refractivity contribution is 7.18. The SMILES string of the molecule is N#CC1(Cc2nc3ccccc3s2)CCCCC1=O. The number of nitrogens with zero attached hydrogens (tertiary/aromatic N) is 2. The molecule has 0 spiro atoms. The summed E-state index contributed by atoms with van der Waals surface area (Å²) in [5, 5.41) is 10.4. The fourth-order valence-corrected chi connectivity index (χ4v) is 3.77. The topological polar surface area (TPSA) is 53.8 Å². The number of rotatable bonds is 2. The predicted octanol–water partition coefficient (Wildman–Crippen LogP) is 3.49. The van der Waals surface area contributed by atoms with E-state index in [-0.39, 0.29) is 5.78 Å². The fourth-order valence-electron chi connectivity index (χ4n) is 2.69. The number of nitriles is 1. The summed E-state index contributed by atoms with van der Waals surface area (Å²) in [6.45, 7) is 0. The summed E-state index contributed by atoms with van der Waals surface area (Å²) >= 11 is 1.59. The number of thiazole rings is 1. The predicted molar refractivity (Wildman–Crippen MR) is 74.8 cm³/mol. The third-order valence-electron chi connectivity index (χ3n) is 3.80. The monoisotopic (exact) mass is 270 g/mol. The third kappa shape index (κ3) is 2.15. The largest absolute Gasteiger partial charge is 0.298 e. The van der Waals surface area contributed by atoms with Crippen molar-refractivity contribution >= 4 is 27.3 Å². The summed E-state index contributed by atoms with van der Waals surface area (Å²) < 4.78 is 1.12. The second kappa shape index (κ2) is 4.75. The molecular formula is C15H14N2OS. The highest BCUT2D eigenvalue weighted by atomic mass is 32.1. The first kappa shape index (κ1) is 12.3. The average molecular weight is 270 g/mol. The van der Waals surface area contributed by atoms with Crippen LogP contribution in [0.4, 0.5) is 0 Å². The maximum atomic E-state index is 12.1. The van der Waals surface area contributed by atoms with E-state index in [1.807, 2.05) is 24.3 Å². The minimum Gasteiger partial charge on any atom is -0.298 e. The normalized spacial score (nSPS) is 23.4. The van der Waals surface area contributed by atoms with Crippen LogP contribution in [0.2, 0.25) is 0 Å². The van der Waals surface area contributed by atoms with Crippen molar-refractivity contribution in [2.24, 2.45) is 5.41 Å². The van der Waals surface area contributed by atoms with Gasteiger partial charge in [0, 0.05) is 12.8 Å². The van der Waals surface area contributed by atoms with Gasteiger partial charge < -0.3 is 0 Å². The van der Waals surface area contributed by atoms with Crippen LogP contribution in [0.1, 0.15) is 30.7 Å². The number of fused-ring (bicyclic) bond motifs is 1. The summed E-state index contributed by atoms with van der Waals surface area (Å²) in [6, 6.07) is 10.2. The number of aromatic nitrogens is 1. The molecule has 3 rings (SSSR count). The Balaban J connectivity index is 1.94. The van der Waals surface area contributed by atoms with E-state index in [1.54, 1.807) is 11.3 Å². The molecule has 1 aliphatic rings. The van der Waals surface area contributed by atoms with Crippen LogP contribution in [0, 0.1) is 16.7 Å². The summed E-state index contributed by atoms with van der Waals surface area (Å²) in [5.41, 5.74) is 0.130. The van der Waals surface area contributed by atoms with E-state index >= 15 is 0 Å². The van der Waals surface area contributed by atoms with E-state index in [1.165, 1.54) is 0 Å². The van der Waals surface area contributed by atoms with Crippen molar-refractivity contribution in [2.45, 2.75) is 32.1 Å². The average Bonchev–Trinajstić information content (AvgIpc) is 2.83. The summed E-state index contributed by atoms with van der Waals surface area (Å²) in [4.78, 5) is 16.7. The van der Waals surface area contributed by atoms with E-state index in [9.17, 15) is 10.1 Å². The first-order chi connectivity index (χ1) is 9.23. The van der Waals surface area contributed by atoms with E-state index in [0.717, 1.165) is 28.1 Å². The van der Waals surface area contributed by atoms with Crippen molar-refractivity contribution in [1.29, 1.82) is 5.26 Å². The van der Waals surface area contributed by atoms with Crippen LogP contribution in [0.5, 0.6) is 0 Å². The molecule has 0 aliphatic heterocycles. The molecule has 19 heavy (non-hydrogen) atoms. The molecule has 0 saturated heterocycles. The third-order valence-corrected chi connectivity index (χ3v) is 4.83. The van der Waals surface area contributed by atoms with E-state index in [0.29, 0.717) is 19.3 Å². The van der Waals surface area contributed by atoms with Gasteiger partial charge in [-0.15, -0.1) is 11.3 Å². The number of para-hydroxylation sites is 1. The molecule has 1 heterocycles. The summed E-state index contributed by atoms with van der Waals surface area (Å²) in [7, 11) is 0. The lowest BCUT2D eigenvalue weighted by Gasteiger charge is -2.28. The lowest BCUT2D eigenvalue weighted by molar-refractivity contribution is -0.128. The van der Waals surface area contributed by atoms with Crippen molar-refractivity contribution < 1.29 is 4.79 Å². The molecule has 0 radical (unpaired) electrons. The molecule has 1 fully saturated rings. The van der Waals surface area contributed by atoms with Gasteiger partial charge in [-0.25, -0.2) is 4.98 Å². The highest BCUT2D eigenvalue weighted by Crippen LogP contribution is 2.37. The molecule has 3 nitrogen and oxygen atoms in total. The Hall–Kier alpha value is -1.73. The maximum Gasteiger partial charge on any atom is 0.153 e. The van der Waals surface area contributed by atoms with Gasteiger partial charge in [0.05, 0.1) is 21.3 Å². The number of hydrogen-bond donors (Lipinski definition) is 0. The van der Waals surface area contributed by atoms with Crippen molar-refractivity contribution in [3.05, 3.63) is 29.3 Å². The van der Waals surface area contributed by atoms with Crippen molar-refractivity contribution in [1.82, 2.24) is 4.98 Å². The summed E-state index contributed by atoms with van der Waals surface area (Å²) in [5.74, 6) is 0.0977. The molecule has 2 aromatic rings. The smallest absolute Gasteiger partial charge is 0.153 e. The van der Waals surface area contributed by atoms with Gasteiger partial charge >= 0.3 is 0 Å². The van der Waals surface area contributed by atoms with Gasteiger partial charge in [-0.05, 0) is 25.0 Å². The lowest BCUT2D eigenvalue weighted by Crippen LogP contribution is -2.34. The molecular weight excluding hydrogens is 256 g/mol. The zero-order valence-corrected chi connectivity index (χ0v) is 11.4. The van der Waals surface area contributed by atoms with Gasteiger partial charge in [0.15, 0.2) is 5.78 Å². The quantitative estimate of drug-likeness (QED) is 0.839.